The Labute approximate surface area is 142 Å². The average molecular weight is 347 g/mol. The van der Waals surface area contributed by atoms with Crippen LogP contribution in [0.2, 0.25) is 0 Å². The summed E-state index contributed by atoms with van der Waals surface area (Å²) in [6, 6.07) is 14.1. The molecule has 2 rings (SSSR count). The molecule has 0 unspecified atom stereocenters. The zero-order valence-corrected chi connectivity index (χ0v) is 14.5. The van der Waals surface area contributed by atoms with Crippen molar-refractivity contribution >= 4 is 21.7 Å². The first-order valence-corrected chi connectivity index (χ1v) is 9.25. The lowest BCUT2D eigenvalue weighted by atomic mass is 10.0. The monoisotopic (exact) mass is 347 g/mol. The molecule has 0 spiro atoms. The molecule has 0 fully saturated rings. The van der Waals surface area contributed by atoms with Gasteiger partial charge in [-0.05, 0) is 62.1 Å². The van der Waals surface area contributed by atoms with E-state index < -0.39 is 21.2 Å². The third kappa shape index (κ3) is 4.83. The normalized spacial score (nSPS) is 11.5. The number of nitrogens with one attached hydrogen (secondary N) is 1. The topological polar surface area (TPSA) is 83.5 Å². The van der Waals surface area contributed by atoms with E-state index in [1.807, 2.05) is 18.2 Å². The molecule has 2 N–H and O–H groups in total. The quantitative estimate of drug-likeness (QED) is 0.805. The van der Waals surface area contributed by atoms with E-state index in [0.717, 1.165) is 24.0 Å². The van der Waals surface area contributed by atoms with Crippen LogP contribution in [-0.4, -0.2) is 24.7 Å². The van der Waals surface area contributed by atoms with Gasteiger partial charge in [0.05, 0.1) is 10.8 Å². The summed E-state index contributed by atoms with van der Waals surface area (Å²) in [5, 5.41) is 8.51. The van der Waals surface area contributed by atoms with Gasteiger partial charge in [0.25, 0.3) is 0 Å². The number of anilines is 1. The van der Waals surface area contributed by atoms with E-state index in [-0.39, 0.29) is 5.56 Å². The van der Waals surface area contributed by atoms with Crippen LogP contribution in [0.25, 0.3) is 0 Å². The molecular weight excluding hydrogens is 326 g/mol. The number of carbonyl (C=O) groups is 1. The van der Waals surface area contributed by atoms with E-state index in [0.29, 0.717) is 5.69 Å². The van der Waals surface area contributed by atoms with Crippen LogP contribution in [-0.2, 0) is 22.9 Å². The fourth-order valence-electron chi connectivity index (χ4n) is 2.17. The van der Waals surface area contributed by atoms with Crippen LogP contribution in [0.15, 0.2) is 48.5 Å². The van der Waals surface area contributed by atoms with Gasteiger partial charge in [-0.2, -0.15) is 0 Å². The fourth-order valence-corrected chi connectivity index (χ4v) is 2.87. The molecule has 0 bridgehead atoms. The zero-order valence-electron chi connectivity index (χ0n) is 13.7. The molecule has 2 aromatic rings. The predicted octanol–water partition coefficient (Wildman–Crippen LogP) is 3.32. The highest BCUT2D eigenvalue weighted by Crippen LogP contribution is 2.15. The molecule has 0 radical (unpaired) electrons. The van der Waals surface area contributed by atoms with Crippen LogP contribution in [0.1, 0.15) is 35.3 Å². The maximum atomic E-state index is 11.8. The van der Waals surface area contributed by atoms with Gasteiger partial charge in [0, 0.05) is 5.69 Å². The number of sulfonamides is 1. The van der Waals surface area contributed by atoms with Gasteiger partial charge in [0.1, 0.15) is 0 Å². The maximum absolute atomic E-state index is 11.8. The Morgan fingerprint density at radius 2 is 1.67 bits per heavy atom. The lowest BCUT2D eigenvalue weighted by Gasteiger charge is -2.11. The highest BCUT2D eigenvalue weighted by Gasteiger charge is 2.15. The maximum Gasteiger partial charge on any atom is 0.335 e. The second-order valence-corrected chi connectivity index (χ2v) is 8.14. The number of carboxylic acid groups (broad SMARTS) is 1. The van der Waals surface area contributed by atoms with E-state index in [2.05, 4.69) is 4.72 Å². The van der Waals surface area contributed by atoms with Gasteiger partial charge in [-0.3, -0.25) is 4.72 Å². The van der Waals surface area contributed by atoms with Crippen molar-refractivity contribution in [3.63, 3.8) is 0 Å². The molecule has 0 aliphatic rings. The van der Waals surface area contributed by atoms with Gasteiger partial charge in [0.15, 0.2) is 0 Å². The van der Waals surface area contributed by atoms with E-state index in [1.165, 1.54) is 0 Å². The van der Waals surface area contributed by atoms with Gasteiger partial charge in [-0.15, -0.1) is 0 Å². The molecule has 0 aromatic heterocycles. The molecule has 24 heavy (non-hydrogen) atoms. The molecule has 0 aliphatic heterocycles. The lowest BCUT2D eigenvalue weighted by Crippen LogP contribution is -2.22. The van der Waals surface area contributed by atoms with Crippen molar-refractivity contribution in [2.45, 2.75) is 31.9 Å². The number of carboxylic acids is 1. The number of hydrogen-bond acceptors (Lipinski definition) is 3. The highest BCUT2D eigenvalue weighted by atomic mass is 32.2. The first-order valence-electron chi connectivity index (χ1n) is 7.71. The Kier molecular flexibility index (Phi) is 5.62. The summed E-state index contributed by atoms with van der Waals surface area (Å²) >= 11 is 0. The molecule has 2 aromatic carbocycles. The summed E-state index contributed by atoms with van der Waals surface area (Å²) in [4.78, 5) is 11.0. The number of aryl methyl sites for hydroxylation is 2. The summed E-state index contributed by atoms with van der Waals surface area (Å²) in [6.45, 7) is 3.25. The van der Waals surface area contributed by atoms with E-state index in [4.69, 9.17) is 5.11 Å². The third-order valence-corrected chi connectivity index (χ3v) is 5.47. The van der Waals surface area contributed by atoms with Crippen LogP contribution < -0.4 is 4.72 Å². The molecule has 0 aliphatic carbocycles. The Morgan fingerprint density at radius 1 is 1.04 bits per heavy atom. The molecule has 6 heteroatoms. The summed E-state index contributed by atoms with van der Waals surface area (Å²) in [5.74, 6) is -0.932. The van der Waals surface area contributed by atoms with Gasteiger partial charge < -0.3 is 5.11 Å². The van der Waals surface area contributed by atoms with Crippen molar-refractivity contribution in [1.82, 2.24) is 0 Å². The molecule has 0 saturated heterocycles. The number of benzene rings is 2. The minimum atomic E-state index is -3.34. The van der Waals surface area contributed by atoms with Gasteiger partial charge in [0.2, 0.25) is 10.0 Å². The Bertz CT molecular complexity index is 811. The van der Waals surface area contributed by atoms with Crippen LogP contribution >= 0.6 is 0 Å². The predicted molar refractivity (Wildman–Crippen MR) is 94.9 cm³/mol. The van der Waals surface area contributed by atoms with Crippen LogP contribution in [0, 0.1) is 0 Å². The Morgan fingerprint density at radius 3 is 2.25 bits per heavy atom. The number of aromatic carboxylic acids is 1. The third-order valence-electron chi connectivity index (χ3n) is 3.71. The number of hydrogen-bond donors (Lipinski definition) is 2. The molecule has 0 atom stereocenters. The fraction of sp³-hybridized carbons (Fsp3) is 0.278. The van der Waals surface area contributed by atoms with Crippen LogP contribution in [0.3, 0.4) is 0 Å². The van der Waals surface area contributed by atoms with Crippen molar-refractivity contribution in [2.75, 3.05) is 4.72 Å². The van der Waals surface area contributed by atoms with Crippen LogP contribution in [0.4, 0.5) is 5.69 Å². The van der Waals surface area contributed by atoms with Gasteiger partial charge >= 0.3 is 5.97 Å². The number of rotatable bonds is 7. The molecule has 0 saturated carbocycles. The van der Waals surface area contributed by atoms with Gasteiger partial charge in [-0.1, -0.05) is 24.3 Å². The van der Waals surface area contributed by atoms with Crippen LogP contribution in [0.5, 0.6) is 0 Å². The van der Waals surface area contributed by atoms with Gasteiger partial charge in [-0.25, -0.2) is 13.2 Å². The zero-order chi connectivity index (χ0) is 17.7. The highest BCUT2D eigenvalue weighted by molar-refractivity contribution is 7.93. The second kappa shape index (κ2) is 7.49. The molecule has 5 nitrogen and oxygen atoms in total. The molecular formula is C18H21NO4S. The smallest absolute Gasteiger partial charge is 0.335 e. The minimum absolute atomic E-state index is 0.283. The summed E-state index contributed by atoms with van der Waals surface area (Å²) in [5.41, 5.74) is 2.84. The largest absolute Gasteiger partial charge is 0.478 e. The van der Waals surface area contributed by atoms with Crippen molar-refractivity contribution in [3.05, 3.63) is 65.2 Å². The van der Waals surface area contributed by atoms with Crippen molar-refractivity contribution in [2.24, 2.45) is 0 Å². The minimum Gasteiger partial charge on any atom is -0.478 e. The molecule has 128 valence electrons. The first-order chi connectivity index (χ1) is 11.3. The molecule has 0 heterocycles. The van der Waals surface area contributed by atoms with E-state index in [1.54, 1.807) is 44.2 Å². The second-order valence-electron chi connectivity index (χ2n) is 5.90. The Hall–Kier alpha value is -2.34. The summed E-state index contributed by atoms with van der Waals surface area (Å²) in [6.07, 6.45) is 1.47. The molecule has 0 amide bonds. The summed E-state index contributed by atoms with van der Waals surface area (Å²) < 4.78 is 26.2. The van der Waals surface area contributed by atoms with Crippen molar-refractivity contribution < 1.29 is 18.3 Å². The first kappa shape index (κ1) is 18.0. The standard InChI is InChI=1S/C18H21NO4S/c1-13(2)24(22,23)19-17-10-8-14(9-11-17)6-7-15-4-3-5-16(12-15)18(20)21/h3-5,8-13,19H,6-7H2,1-2H3,(H,20,21). The SMILES string of the molecule is CC(C)S(=O)(=O)Nc1ccc(CCc2cccc(C(=O)O)c2)cc1. The average Bonchev–Trinajstić information content (AvgIpc) is 2.54. The van der Waals surface area contributed by atoms with Crippen molar-refractivity contribution in [3.8, 4) is 0 Å². The van der Waals surface area contributed by atoms with E-state index >= 15 is 0 Å². The van der Waals surface area contributed by atoms with E-state index in [9.17, 15) is 13.2 Å². The van der Waals surface area contributed by atoms with Crippen molar-refractivity contribution in [1.29, 1.82) is 0 Å². The Balaban J connectivity index is 2.00. The lowest BCUT2D eigenvalue weighted by molar-refractivity contribution is 0.0696. The summed E-state index contributed by atoms with van der Waals surface area (Å²) in [7, 11) is -3.34.